The van der Waals surface area contributed by atoms with Gasteiger partial charge in [-0.3, -0.25) is 9.69 Å². The molecule has 1 aliphatic rings. The van der Waals surface area contributed by atoms with Gasteiger partial charge in [0.15, 0.2) is 0 Å². The summed E-state index contributed by atoms with van der Waals surface area (Å²) in [6.07, 6.45) is 3.93. The maximum absolute atomic E-state index is 12.3. The fourth-order valence-corrected chi connectivity index (χ4v) is 3.84. The molecule has 5 heteroatoms. The van der Waals surface area contributed by atoms with Crippen molar-refractivity contribution < 1.29 is 4.79 Å². The number of para-hydroxylation sites is 1. The van der Waals surface area contributed by atoms with Gasteiger partial charge in [0.1, 0.15) is 4.32 Å². The van der Waals surface area contributed by atoms with Crippen LogP contribution in [0, 0.1) is 6.92 Å². The number of amides is 1. The smallest absolute Gasteiger partial charge is 0.266 e. The van der Waals surface area contributed by atoms with Gasteiger partial charge in [0.25, 0.3) is 5.91 Å². The molecule has 22 heavy (non-hydrogen) atoms. The Morgan fingerprint density at radius 2 is 2.00 bits per heavy atom. The predicted molar refractivity (Wildman–Crippen MR) is 96.1 cm³/mol. The summed E-state index contributed by atoms with van der Waals surface area (Å²) < 4.78 is 2.72. The minimum atomic E-state index is -0.00460. The van der Waals surface area contributed by atoms with E-state index < -0.39 is 0 Å². The van der Waals surface area contributed by atoms with Crippen molar-refractivity contribution in [2.45, 2.75) is 13.8 Å². The van der Waals surface area contributed by atoms with Crippen LogP contribution in [0.4, 0.5) is 0 Å². The van der Waals surface area contributed by atoms with Gasteiger partial charge < -0.3 is 4.57 Å². The number of aryl methyl sites for hydroxylation is 1. The van der Waals surface area contributed by atoms with Crippen LogP contribution in [0.2, 0.25) is 0 Å². The first-order chi connectivity index (χ1) is 10.6. The molecular weight excluding hydrogens is 312 g/mol. The Morgan fingerprint density at radius 3 is 2.68 bits per heavy atom. The van der Waals surface area contributed by atoms with Crippen molar-refractivity contribution >= 4 is 40.3 Å². The Bertz CT molecular complexity index is 776. The third-order valence-electron chi connectivity index (χ3n) is 3.62. The number of hydrogen-bond donors (Lipinski definition) is 0. The van der Waals surface area contributed by atoms with Crippen molar-refractivity contribution in [2.24, 2.45) is 0 Å². The molecule has 112 valence electrons. The molecular formula is C17H16N2OS2. The summed E-state index contributed by atoms with van der Waals surface area (Å²) in [6.45, 7) is 4.63. The van der Waals surface area contributed by atoms with E-state index in [-0.39, 0.29) is 5.91 Å². The second-order valence-corrected chi connectivity index (χ2v) is 6.69. The van der Waals surface area contributed by atoms with Gasteiger partial charge in [-0.1, -0.05) is 42.2 Å². The Balaban J connectivity index is 2.01. The molecule has 0 unspecified atom stereocenters. The zero-order valence-corrected chi connectivity index (χ0v) is 14.1. The van der Waals surface area contributed by atoms with Gasteiger partial charge in [-0.05, 0) is 43.7 Å². The summed E-state index contributed by atoms with van der Waals surface area (Å²) in [5, 5.41) is 0. The molecule has 1 aromatic carbocycles. The number of carbonyl (C=O) groups excluding carboxylic acids is 1. The Labute approximate surface area is 139 Å². The lowest BCUT2D eigenvalue weighted by Crippen LogP contribution is -2.27. The van der Waals surface area contributed by atoms with E-state index in [2.05, 4.69) is 23.6 Å². The van der Waals surface area contributed by atoms with E-state index in [0.717, 1.165) is 11.4 Å². The number of thioether (sulfide) groups is 1. The molecule has 2 aromatic rings. The second-order valence-electron chi connectivity index (χ2n) is 5.02. The molecule has 1 saturated heterocycles. The average molecular weight is 328 g/mol. The van der Waals surface area contributed by atoms with E-state index in [1.54, 1.807) is 4.90 Å². The second kappa shape index (κ2) is 6.10. The van der Waals surface area contributed by atoms with Crippen LogP contribution in [-0.2, 0) is 4.79 Å². The van der Waals surface area contributed by atoms with Crippen LogP contribution in [0.3, 0.4) is 0 Å². The van der Waals surface area contributed by atoms with Gasteiger partial charge in [0.2, 0.25) is 0 Å². The number of likely N-dealkylation sites (N-methyl/N-ethyl adjacent to an activating group) is 1. The molecule has 0 saturated carbocycles. The number of nitrogens with zero attached hydrogens (tertiary/aromatic N) is 2. The first kappa shape index (κ1) is 15.1. The summed E-state index contributed by atoms with van der Waals surface area (Å²) in [7, 11) is 0. The number of aromatic nitrogens is 1. The van der Waals surface area contributed by atoms with Crippen LogP contribution >= 0.6 is 24.0 Å². The van der Waals surface area contributed by atoms with Crippen molar-refractivity contribution in [3.63, 3.8) is 0 Å². The quantitative estimate of drug-likeness (QED) is 0.629. The number of carbonyl (C=O) groups is 1. The van der Waals surface area contributed by atoms with Gasteiger partial charge in [-0.2, -0.15) is 0 Å². The molecule has 0 aliphatic carbocycles. The molecule has 3 rings (SSSR count). The first-order valence-corrected chi connectivity index (χ1v) is 8.33. The lowest BCUT2D eigenvalue weighted by molar-refractivity contribution is -0.121. The highest BCUT2D eigenvalue weighted by Gasteiger charge is 2.30. The highest BCUT2D eigenvalue weighted by Crippen LogP contribution is 2.32. The lowest BCUT2D eigenvalue weighted by atomic mass is 10.2. The van der Waals surface area contributed by atoms with E-state index in [4.69, 9.17) is 12.2 Å². The molecule has 0 spiro atoms. The summed E-state index contributed by atoms with van der Waals surface area (Å²) in [5.74, 6) is -0.00460. The predicted octanol–water partition coefficient (Wildman–Crippen LogP) is 4.01. The standard InChI is InChI=1S/C17H16N2OS2/c1-3-18-16(20)15(22-17(18)21)11-13-8-6-10-19(13)14-9-5-4-7-12(14)2/h4-11H,3H2,1-2H3/b15-11-. The number of thiocarbonyl (C=S) groups is 1. The Hall–Kier alpha value is -1.85. The van der Waals surface area contributed by atoms with E-state index in [1.165, 1.54) is 17.3 Å². The molecule has 1 fully saturated rings. The third kappa shape index (κ3) is 2.62. The molecule has 0 bridgehead atoms. The van der Waals surface area contributed by atoms with Crippen molar-refractivity contribution in [3.05, 3.63) is 58.8 Å². The van der Waals surface area contributed by atoms with Crippen molar-refractivity contribution in [3.8, 4) is 5.69 Å². The summed E-state index contributed by atoms with van der Waals surface area (Å²) in [5.41, 5.74) is 3.28. The molecule has 0 atom stereocenters. The van der Waals surface area contributed by atoms with Crippen molar-refractivity contribution in [1.29, 1.82) is 0 Å². The highest BCUT2D eigenvalue weighted by atomic mass is 32.2. The number of benzene rings is 1. The van der Waals surface area contributed by atoms with Crippen LogP contribution in [0.15, 0.2) is 47.5 Å². The Morgan fingerprint density at radius 1 is 1.23 bits per heavy atom. The monoisotopic (exact) mass is 328 g/mol. The molecule has 0 N–H and O–H groups in total. The fourth-order valence-electron chi connectivity index (χ4n) is 2.47. The van der Waals surface area contributed by atoms with Crippen LogP contribution in [-0.4, -0.2) is 26.2 Å². The molecule has 0 radical (unpaired) electrons. The zero-order chi connectivity index (χ0) is 15.7. The van der Waals surface area contributed by atoms with Crippen LogP contribution in [0.1, 0.15) is 18.2 Å². The lowest BCUT2D eigenvalue weighted by Gasteiger charge is -2.11. The van der Waals surface area contributed by atoms with Crippen LogP contribution < -0.4 is 0 Å². The topological polar surface area (TPSA) is 25.2 Å². The number of rotatable bonds is 3. The molecule has 1 aromatic heterocycles. The van der Waals surface area contributed by atoms with E-state index in [1.807, 2.05) is 43.5 Å². The first-order valence-electron chi connectivity index (χ1n) is 7.10. The van der Waals surface area contributed by atoms with Gasteiger partial charge in [0.05, 0.1) is 4.91 Å². The maximum Gasteiger partial charge on any atom is 0.266 e. The molecule has 1 amide bonds. The Kier molecular flexibility index (Phi) is 4.18. The average Bonchev–Trinajstić information content (AvgIpc) is 3.05. The van der Waals surface area contributed by atoms with Crippen LogP contribution in [0.25, 0.3) is 11.8 Å². The SMILES string of the molecule is CCN1C(=O)/C(=C/c2cccn2-c2ccccc2C)SC1=S. The summed E-state index contributed by atoms with van der Waals surface area (Å²) in [6, 6.07) is 12.2. The maximum atomic E-state index is 12.3. The minimum absolute atomic E-state index is 0.00460. The third-order valence-corrected chi connectivity index (χ3v) is 5.00. The van der Waals surface area contributed by atoms with E-state index >= 15 is 0 Å². The van der Waals surface area contributed by atoms with Crippen molar-refractivity contribution in [2.75, 3.05) is 6.54 Å². The van der Waals surface area contributed by atoms with Gasteiger partial charge >= 0.3 is 0 Å². The van der Waals surface area contributed by atoms with Gasteiger partial charge in [-0.15, -0.1) is 0 Å². The summed E-state index contributed by atoms with van der Waals surface area (Å²) >= 11 is 6.63. The molecule has 2 heterocycles. The van der Waals surface area contributed by atoms with E-state index in [9.17, 15) is 4.79 Å². The minimum Gasteiger partial charge on any atom is -0.317 e. The van der Waals surface area contributed by atoms with Gasteiger partial charge in [-0.25, -0.2) is 0 Å². The van der Waals surface area contributed by atoms with E-state index in [0.29, 0.717) is 15.8 Å². The molecule has 3 nitrogen and oxygen atoms in total. The number of hydrogen-bond acceptors (Lipinski definition) is 3. The van der Waals surface area contributed by atoms with Crippen LogP contribution in [0.5, 0.6) is 0 Å². The highest BCUT2D eigenvalue weighted by molar-refractivity contribution is 8.26. The zero-order valence-electron chi connectivity index (χ0n) is 12.4. The fraction of sp³-hybridized carbons (Fsp3) is 0.176. The van der Waals surface area contributed by atoms with Crippen molar-refractivity contribution in [1.82, 2.24) is 9.47 Å². The normalized spacial score (nSPS) is 16.8. The molecule has 1 aliphatic heterocycles. The van der Waals surface area contributed by atoms with Gasteiger partial charge in [0, 0.05) is 24.1 Å². The largest absolute Gasteiger partial charge is 0.317 e. The summed E-state index contributed by atoms with van der Waals surface area (Å²) in [4.78, 5) is 14.6.